The lowest BCUT2D eigenvalue weighted by Gasteiger charge is -2.24. The van der Waals surface area contributed by atoms with E-state index in [1.807, 2.05) is 0 Å². The molecule has 1 aromatic carbocycles. The molecule has 1 N–H and O–H groups in total. The van der Waals surface area contributed by atoms with Crippen LogP contribution >= 0.6 is 0 Å². The van der Waals surface area contributed by atoms with E-state index in [4.69, 9.17) is 0 Å². The second kappa shape index (κ2) is 5.35. The van der Waals surface area contributed by atoms with Crippen molar-refractivity contribution in [1.29, 1.82) is 0 Å². The number of carbonyl (C=O) groups is 1. The molecule has 8 heteroatoms. The van der Waals surface area contributed by atoms with Crippen molar-refractivity contribution in [2.75, 3.05) is 13.1 Å². The van der Waals surface area contributed by atoms with Crippen LogP contribution in [0.1, 0.15) is 17.3 Å². The molecular formula is C12H11F5N2O. The Hall–Kier alpha value is -1.70. The number of hydrogen-bond donors (Lipinski definition) is 1. The van der Waals surface area contributed by atoms with Gasteiger partial charge in [0.25, 0.3) is 6.43 Å². The van der Waals surface area contributed by atoms with Crippen LogP contribution in [0, 0.1) is 0 Å². The first kappa shape index (κ1) is 14.7. The Kier molecular flexibility index (Phi) is 3.94. The summed E-state index contributed by atoms with van der Waals surface area (Å²) in [5.74, 6) is -0.504. The molecule has 2 rings (SSSR count). The van der Waals surface area contributed by atoms with Gasteiger partial charge in [-0.2, -0.15) is 13.2 Å². The van der Waals surface area contributed by atoms with Crippen LogP contribution in [0.2, 0.25) is 0 Å². The van der Waals surface area contributed by atoms with Crippen LogP contribution < -0.4 is 5.32 Å². The van der Waals surface area contributed by atoms with E-state index in [2.05, 4.69) is 5.32 Å². The normalized spacial score (nSPS) is 20.0. The molecule has 0 aliphatic carbocycles. The van der Waals surface area contributed by atoms with Gasteiger partial charge in [0.2, 0.25) is 5.91 Å². The van der Waals surface area contributed by atoms with Gasteiger partial charge in [0.05, 0.1) is 18.7 Å². The van der Waals surface area contributed by atoms with Crippen LogP contribution in [0.4, 0.5) is 22.0 Å². The van der Waals surface area contributed by atoms with E-state index in [1.54, 1.807) is 0 Å². The van der Waals surface area contributed by atoms with E-state index >= 15 is 0 Å². The number of nitrogens with zero attached hydrogens (tertiary/aromatic N) is 1. The first-order valence-corrected chi connectivity index (χ1v) is 5.77. The standard InChI is InChI=1S/C12H11F5N2O/c13-9(14)6-19-10(20)5-18-11(19)7-1-3-8(4-2-7)12(15,16)17/h1-4,9,11,18H,5-6H2. The first-order valence-electron chi connectivity index (χ1n) is 5.77. The van der Waals surface area contributed by atoms with Gasteiger partial charge in [0.1, 0.15) is 6.17 Å². The molecule has 1 aliphatic heterocycles. The smallest absolute Gasteiger partial charge is 0.316 e. The lowest BCUT2D eigenvalue weighted by Crippen LogP contribution is -2.34. The van der Waals surface area contributed by atoms with Crippen molar-refractivity contribution in [3.8, 4) is 0 Å². The van der Waals surface area contributed by atoms with E-state index in [9.17, 15) is 26.7 Å². The molecule has 0 bridgehead atoms. The summed E-state index contributed by atoms with van der Waals surface area (Å²) in [6, 6.07) is 4.08. The minimum atomic E-state index is -4.46. The van der Waals surface area contributed by atoms with Crippen LogP contribution in [0.15, 0.2) is 24.3 Å². The average molecular weight is 294 g/mol. The van der Waals surface area contributed by atoms with E-state index in [1.165, 1.54) is 12.1 Å². The highest BCUT2D eigenvalue weighted by Crippen LogP contribution is 2.31. The largest absolute Gasteiger partial charge is 0.416 e. The number of alkyl halides is 5. The summed E-state index contributed by atoms with van der Waals surface area (Å²) < 4.78 is 62.1. The molecule has 1 saturated heterocycles. The molecule has 110 valence electrons. The topological polar surface area (TPSA) is 32.3 Å². The molecule has 0 spiro atoms. The zero-order valence-electron chi connectivity index (χ0n) is 10.1. The maximum atomic E-state index is 12.4. The van der Waals surface area contributed by atoms with Crippen LogP contribution in [-0.2, 0) is 11.0 Å². The van der Waals surface area contributed by atoms with Crippen molar-refractivity contribution < 1.29 is 26.7 Å². The number of halogens is 5. The number of benzene rings is 1. The molecular weight excluding hydrogens is 283 g/mol. The lowest BCUT2D eigenvalue weighted by atomic mass is 10.1. The van der Waals surface area contributed by atoms with Gasteiger partial charge >= 0.3 is 6.18 Å². The van der Waals surface area contributed by atoms with E-state index in [0.717, 1.165) is 17.0 Å². The number of nitrogens with one attached hydrogen (secondary N) is 1. The Labute approximate surface area is 111 Å². The molecule has 1 amide bonds. The third-order valence-corrected chi connectivity index (χ3v) is 2.97. The molecule has 1 fully saturated rings. The fourth-order valence-electron chi connectivity index (χ4n) is 2.05. The number of hydrogen-bond acceptors (Lipinski definition) is 2. The van der Waals surface area contributed by atoms with Gasteiger partial charge in [0, 0.05) is 0 Å². The van der Waals surface area contributed by atoms with Crippen molar-refractivity contribution in [3.63, 3.8) is 0 Å². The average Bonchev–Trinajstić information content (AvgIpc) is 2.70. The molecule has 0 saturated carbocycles. The van der Waals surface area contributed by atoms with E-state index in [-0.39, 0.29) is 6.54 Å². The van der Waals surface area contributed by atoms with Crippen molar-refractivity contribution >= 4 is 5.91 Å². The summed E-state index contributed by atoms with van der Waals surface area (Å²) >= 11 is 0. The Bertz CT molecular complexity index is 486. The zero-order valence-corrected chi connectivity index (χ0v) is 10.1. The summed E-state index contributed by atoms with van der Waals surface area (Å²) in [6.07, 6.45) is -7.98. The third-order valence-electron chi connectivity index (χ3n) is 2.97. The highest BCUT2D eigenvalue weighted by atomic mass is 19.4. The fourth-order valence-corrected chi connectivity index (χ4v) is 2.05. The first-order chi connectivity index (χ1) is 9.29. The Morgan fingerprint density at radius 1 is 1.25 bits per heavy atom. The Morgan fingerprint density at radius 2 is 1.85 bits per heavy atom. The summed E-state index contributed by atoms with van der Waals surface area (Å²) in [5, 5.41) is 2.70. The van der Waals surface area contributed by atoms with E-state index < -0.39 is 36.8 Å². The molecule has 0 aromatic heterocycles. The van der Waals surface area contributed by atoms with E-state index in [0.29, 0.717) is 5.56 Å². The van der Waals surface area contributed by atoms with Gasteiger partial charge in [-0.15, -0.1) is 0 Å². The third kappa shape index (κ3) is 3.06. The quantitative estimate of drug-likeness (QED) is 0.868. The maximum Gasteiger partial charge on any atom is 0.416 e. The SMILES string of the molecule is O=C1CNC(c2ccc(C(F)(F)F)cc2)N1CC(F)F. The van der Waals surface area contributed by atoms with Gasteiger partial charge in [0.15, 0.2) is 0 Å². The molecule has 1 heterocycles. The summed E-state index contributed by atoms with van der Waals surface area (Å²) in [5.41, 5.74) is -0.490. The summed E-state index contributed by atoms with van der Waals surface area (Å²) in [7, 11) is 0. The van der Waals surface area contributed by atoms with Gasteiger partial charge in [-0.1, -0.05) is 12.1 Å². The highest BCUT2D eigenvalue weighted by molar-refractivity contribution is 5.81. The number of carbonyl (C=O) groups excluding carboxylic acids is 1. The zero-order chi connectivity index (χ0) is 14.9. The van der Waals surface area contributed by atoms with Crippen LogP contribution in [0.3, 0.4) is 0 Å². The van der Waals surface area contributed by atoms with Gasteiger partial charge in [-0.25, -0.2) is 8.78 Å². The summed E-state index contributed by atoms with van der Waals surface area (Å²) in [4.78, 5) is 12.4. The second-order valence-corrected chi connectivity index (χ2v) is 4.34. The minimum Gasteiger partial charge on any atom is -0.316 e. The molecule has 1 aromatic rings. The predicted octanol–water partition coefficient (Wildman–Crippen LogP) is 2.40. The van der Waals surface area contributed by atoms with Crippen LogP contribution in [0.5, 0.6) is 0 Å². The lowest BCUT2D eigenvalue weighted by molar-refractivity contribution is -0.137. The van der Waals surface area contributed by atoms with Crippen molar-refractivity contribution in [2.24, 2.45) is 0 Å². The molecule has 20 heavy (non-hydrogen) atoms. The monoisotopic (exact) mass is 294 g/mol. The van der Waals surface area contributed by atoms with Crippen molar-refractivity contribution in [1.82, 2.24) is 10.2 Å². The van der Waals surface area contributed by atoms with Crippen LogP contribution in [-0.4, -0.2) is 30.3 Å². The molecule has 0 radical (unpaired) electrons. The second-order valence-electron chi connectivity index (χ2n) is 4.34. The van der Waals surface area contributed by atoms with Crippen LogP contribution in [0.25, 0.3) is 0 Å². The Balaban J connectivity index is 2.20. The van der Waals surface area contributed by atoms with Gasteiger partial charge in [-0.05, 0) is 17.7 Å². The number of amides is 1. The molecule has 3 nitrogen and oxygen atoms in total. The molecule has 1 unspecified atom stereocenters. The Morgan fingerprint density at radius 3 is 2.35 bits per heavy atom. The molecule has 1 atom stereocenters. The number of rotatable bonds is 3. The van der Waals surface area contributed by atoms with Crippen molar-refractivity contribution in [3.05, 3.63) is 35.4 Å². The van der Waals surface area contributed by atoms with Gasteiger partial charge < -0.3 is 4.90 Å². The molecule has 1 aliphatic rings. The van der Waals surface area contributed by atoms with Gasteiger partial charge in [-0.3, -0.25) is 10.1 Å². The highest BCUT2D eigenvalue weighted by Gasteiger charge is 2.34. The predicted molar refractivity (Wildman–Crippen MR) is 59.9 cm³/mol. The van der Waals surface area contributed by atoms with Crippen molar-refractivity contribution in [2.45, 2.75) is 18.8 Å². The maximum absolute atomic E-state index is 12.4. The minimum absolute atomic E-state index is 0.113. The fraction of sp³-hybridized carbons (Fsp3) is 0.417. The summed E-state index contributed by atoms with van der Waals surface area (Å²) in [6.45, 7) is -0.865.